The number of fused-ring (bicyclic) bond motifs is 1. The van der Waals surface area contributed by atoms with Crippen LogP contribution in [0.4, 0.5) is 11.5 Å². The molecule has 2 heterocycles. The van der Waals surface area contributed by atoms with Crippen LogP contribution in [0, 0.1) is 13.8 Å². The van der Waals surface area contributed by atoms with Gasteiger partial charge in [-0.1, -0.05) is 6.07 Å². The van der Waals surface area contributed by atoms with Gasteiger partial charge in [0, 0.05) is 30.8 Å². The summed E-state index contributed by atoms with van der Waals surface area (Å²) in [5.74, 6) is 0.917. The third kappa shape index (κ3) is 2.44. The number of aryl methyl sites for hydroxylation is 2. The fraction of sp³-hybridized carbons (Fsp3) is 0.333. The third-order valence-electron chi connectivity index (χ3n) is 3.64. The van der Waals surface area contributed by atoms with Gasteiger partial charge in [0.15, 0.2) is 0 Å². The predicted octanol–water partition coefficient (Wildman–Crippen LogP) is 2.48. The first-order valence-corrected chi connectivity index (χ1v) is 6.62. The molecule has 2 aromatic rings. The van der Waals surface area contributed by atoms with Crippen molar-refractivity contribution in [2.45, 2.75) is 26.8 Å². The number of nitrogens with one attached hydrogen (secondary N) is 2. The molecular formula is C15H18N4. The molecule has 0 saturated heterocycles. The smallest absolute Gasteiger partial charge is 0.138 e. The van der Waals surface area contributed by atoms with Crippen LogP contribution in [0.15, 0.2) is 24.5 Å². The van der Waals surface area contributed by atoms with E-state index in [9.17, 15) is 0 Å². The van der Waals surface area contributed by atoms with Gasteiger partial charge in [0.25, 0.3) is 0 Å². The van der Waals surface area contributed by atoms with Crippen molar-refractivity contribution in [3.8, 4) is 0 Å². The van der Waals surface area contributed by atoms with E-state index in [2.05, 4.69) is 52.6 Å². The second-order valence-electron chi connectivity index (χ2n) is 5.00. The van der Waals surface area contributed by atoms with E-state index in [0.29, 0.717) is 0 Å². The monoisotopic (exact) mass is 254 g/mol. The summed E-state index contributed by atoms with van der Waals surface area (Å²) in [6, 6.07) is 6.37. The lowest BCUT2D eigenvalue weighted by molar-refractivity contribution is 0.628. The third-order valence-corrected chi connectivity index (χ3v) is 3.64. The highest BCUT2D eigenvalue weighted by atomic mass is 15.0. The van der Waals surface area contributed by atoms with E-state index >= 15 is 0 Å². The van der Waals surface area contributed by atoms with E-state index in [1.807, 2.05) is 0 Å². The van der Waals surface area contributed by atoms with Crippen LogP contribution in [0.2, 0.25) is 0 Å². The summed E-state index contributed by atoms with van der Waals surface area (Å²) in [4.78, 5) is 8.74. The Labute approximate surface area is 113 Å². The summed E-state index contributed by atoms with van der Waals surface area (Å²) in [5, 5.41) is 6.78. The molecule has 4 heteroatoms. The number of anilines is 2. The summed E-state index contributed by atoms with van der Waals surface area (Å²) < 4.78 is 0. The second-order valence-corrected chi connectivity index (χ2v) is 5.00. The molecule has 0 radical (unpaired) electrons. The standard InChI is InChI=1S/C15H18N4/c1-10-3-4-12(7-11(10)2)19-15-13-8-16-6-5-14(13)17-9-18-15/h3-4,7,9,16H,5-6,8H2,1-2H3,(H,17,18,19). The minimum Gasteiger partial charge on any atom is -0.340 e. The zero-order valence-electron chi connectivity index (χ0n) is 11.3. The molecule has 3 rings (SSSR count). The number of rotatable bonds is 2. The van der Waals surface area contributed by atoms with Crippen molar-refractivity contribution in [3.05, 3.63) is 46.9 Å². The zero-order chi connectivity index (χ0) is 13.2. The summed E-state index contributed by atoms with van der Waals surface area (Å²) in [6.07, 6.45) is 2.62. The average Bonchev–Trinajstić information content (AvgIpc) is 2.43. The van der Waals surface area contributed by atoms with Crippen LogP contribution in [0.3, 0.4) is 0 Å². The van der Waals surface area contributed by atoms with E-state index in [1.165, 1.54) is 16.7 Å². The molecule has 0 bridgehead atoms. The van der Waals surface area contributed by atoms with Crippen LogP contribution in [0.5, 0.6) is 0 Å². The predicted molar refractivity (Wildman–Crippen MR) is 76.6 cm³/mol. The Bertz CT molecular complexity index is 607. The van der Waals surface area contributed by atoms with Crippen LogP contribution in [0.1, 0.15) is 22.4 Å². The van der Waals surface area contributed by atoms with Gasteiger partial charge in [-0.05, 0) is 37.1 Å². The number of aromatic nitrogens is 2. The average molecular weight is 254 g/mol. The summed E-state index contributed by atoms with van der Waals surface area (Å²) in [6.45, 7) is 6.07. The van der Waals surface area contributed by atoms with Gasteiger partial charge in [-0.3, -0.25) is 0 Å². The second kappa shape index (κ2) is 4.97. The molecular weight excluding hydrogens is 236 g/mol. The molecule has 0 amide bonds. The number of hydrogen-bond donors (Lipinski definition) is 2. The molecule has 0 aliphatic carbocycles. The van der Waals surface area contributed by atoms with E-state index in [0.717, 1.165) is 36.7 Å². The van der Waals surface area contributed by atoms with Crippen molar-refractivity contribution in [3.63, 3.8) is 0 Å². The number of hydrogen-bond acceptors (Lipinski definition) is 4. The molecule has 1 aliphatic heterocycles. The first-order chi connectivity index (χ1) is 9.24. The summed E-state index contributed by atoms with van der Waals surface area (Å²) in [5.41, 5.74) is 6.00. The van der Waals surface area contributed by atoms with Gasteiger partial charge in [0.05, 0.1) is 5.69 Å². The maximum atomic E-state index is 4.38. The Balaban J connectivity index is 1.92. The van der Waals surface area contributed by atoms with Gasteiger partial charge in [-0.2, -0.15) is 0 Å². The number of nitrogens with zero attached hydrogens (tertiary/aromatic N) is 2. The molecule has 1 aromatic heterocycles. The van der Waals surface area contributed by atoms with Crippen molar-refractivity contribution in [2.24, 2.45) is 0 Å². The molecule has 0 spiro atoms. The summed E-state index contributed by atoms with van der Waals surface area (Å²) >= 11 is 0. The lowest BCUT2D eigenvalue weighted by Crippen LogP contribution is -2.25. The minimum absolute atomic E-state index is 0.837. The van der Waals surface area contributed by atoms with Crippen LogP contribution in [0.25, 0.3) is 0 Å². The first-order valence-electron chi connectivity index (χ1n) is 6.62. The minimum atomic E-state index is 0.837. The number of benzene rings is 1. The maximum Gasteiger partial charge on any atom is 0.138 e. The lowest BCUT2D eigenvalue weighted by atomic mass is 10.1. The Morgan fingerprint density at radius 1 is 1.16 bits per heavy atom. The quantitative estimate of drug-likeness (QED) is 0.864. The van der Waals surface area contributed by atoms with Gasteiger partial charge < -0.3 is 10.6 Å². The molecule has 2 N–H and O–H groups in total. The lowest BCUT2D eigenvalue weighted by Gasteiger charge is -2.19. The maximum absolute atomic E-state index is 4.38. The van der Waals surface area contributed by atoms with Crippen molar-refractivity contribution in [1.29, 1.82) is 0 Å². The van der Waals surface area contributed by atoms with Gasteiger partial charge in [0.1, 0.15) is 12.1 Å². The topological polar surface area (TPSA) is 49.8 Å². The van der Waals surface area contributed by atoms with Crippen molar-refractivity contribution in [2.75, 3.05) is 11.9 Å². The van der Waals surface area contributed by atoms with Gasteiger partial charge >= 0.3 is 0 Å². The Kier molecular flexibility index (Phi) is 3.17. The molecule has 0 saturated carbocycles. The van der Waals surface area contributed by atoms with E-state index < -0.39 is 0 Å². The first kappa shape index (κ1) is 12.1. The zero-order valence-corrected chi connectivity index (χ0v) is 11.3. The normalized spacial score (nSPS) is 14.0. The highest BCUT2D eigenvalue weighted by Gasteiger charge is 2.15. The Hall–Kier alpha value is -1.94. The molecule has 1 aromatic carbocycles. The van der Waals surface area contributed by atoms with Crippen molar-refractivity contribution >= 4 is 11.5 Å². The molecule has 0 atom stereocenters. The van der Waals surface area contributed by atoms with Crippen LogP contribution in [-0.2, 0) is 13.0 Å². The van der Waals surface area contributed by atoms with Gasteiger partial charge in [0.2, 0.25) is 0 Å². The van der Waals surface area contributed by atoms with Crippen LogP contribution < -0.4 is 10.6 Å². The molecule has 98 valence electrons. The Morgan fingerprint density at radius 2 is 2.05 bits per heavy atom. The van der Waals surface area contributed by atoms with Gasteiger partial charge in [-0.15, -0.1) is 0 Å². The highest BCUT2D eigenvalue weighted by Crippen LogP contribution is 2.23. The molecule has 0 fully saturated rings. The molecule has 4 nitrogen and oxygen atoms in total. The fourth-order valence-electron chi connectivity index (χ4n) is 2.33. The van der Waals surface area contributed by atoms with E-state index in [4.69, 9.17) is 0 Å². The molecule has 0 unspecified atom stereocenters. The van der Waals surface area contributed by atoms with E-state index in [1.54, 1.807) is 6.33 Å². The molecule has 1 aliphatic rings. The fourth-order valence-corrected chi connectivity index (χ4v) is 2.33. The SMILES string of the molecule is Cc1ccc(Nc2ncnc3c2CNCC3)cc1C. The van der Waals surface area contributed by atoms with Crippen molar-refractivity contribution in [1.82, 2.24) is 15.3 Å². The van der Waals surface area contributed by atoms with E-state index in [-0.39, 0.29) is 0 Å². The largest absolute Gasteiger partial charge is 0.340 e. The van der Waals surface area contributed by atoms with Crippen LogP contribution in [-0.4, -0.2) is 16.5 Å². The highest BCUT2D eigenvalue weighted by molar-refractivity contribution is 5.61. The van der Waals surface area contributed by atoms with Crippen LogP contribution >= 0.6 is 0 Å². The van der Waals surface area contributed by atoms with Gasteiger partial charge in [-0.25, -0.2) is 9.97 Å². The summed E-state index contributed by atoms with van der Waals surface area (Å²) in [7, 11) is 0. The Morgan fingerprint density at radius 3 is 2.89 bits per heavy atom. The molecule has 19 heavy (non-hydrogen) atoms. The van der Waals surface area contributed by atoms with Crippen molar-refractivity contribution < 1.29 is 0 Å².